The quantitative estimate of drug-likeness (QED) is 0.882. The monoisotopic (exact) mass is 315 g/mol. The largest absolute Gasteiger partial charge is 0.326 e. The summed E-state index contributed by atoms with van der Waals surface area (Å²) >= 11 is 0. The normalized spacial score (nSPS) is 11.6. The van der Waals surface area contributed by atoms with Crippen molar-refractivity contribution in [3.8, 4) is 0 Å². The molecule has 0 fully saturated rings. The molecular weight excluding hydrogens is 303 g/mol. The smallest absolute Gasteiger partial charge is 0.185 e. The summed E-state index contributed by atoms with van der Waals surface area (Å²) in [5, 5.41) is 0. The Balaban J connectivity index is 2.37. The SMILES string of the molecule is NCc1cc(CS(=O)(=O)c2ccc(F)cc2F)ccc1F. The first kappa shape index (κ1) is 15.5. The molecule has 3 nitrogen and oxygen atoms in total. The molecule has 0 aliphatic rings. The molecular formula is C14H12F3NO2S. The second kappa shape index (κ2) is 5.87. The van der Waals surface area contributed by atoms with Gasteiger partial charge in [-0.1, -0.05) is 12.1 Å². The van der Waals surface area contributed by atoms with E-state index >= 15 is 0 Å². The molecule has 2 rings (SSSR count). The third kappa shape index (κ3) is 3.43. The van der Waals surface area contributed by atoms with Gasteiger partial charge in [-0.25, -0.2) is 21.6 Å². The number of rotatable bonds is 4. The van der Waals surface area contributed by atoms with Crippen molar-refractivity contribution in [3.05, 3.63) is 65.0 Å². The standard InChI is InChI=1S/C14H12F3NO2S/c15-11-2-4-14(13(17)6-11)21(19,20)8-9-1-3-12(16)10(5-9)7-18/h1-6H,7-8,18H2. The zero-order valence-electron chi connectivity index (χ0n) is 10.8. The maximum atomic E-state index is 13.6. The highest BCUT2D eigenvalue weighted by Gasteiger charge is 2.20. The van der Waals surface area contributed by atoms with Crippen LogP contribution in [0, 0.1) is 17.5 Å². The first-order valence-corrected chi connectivity index (χ1v) is 7.64. The lowest BCUT2D eigenvalue weighted by Crippen LogP contribution is -2.09. The van der Waals surface area contributed by atoms with E-state index < -0.39 is 37.9 Å². The van der Waals surface area contributed by atoms with Crippen molar-refractivity contribution in [3.63, 3.8) is 0 Å². The number of halogens is 3. The van der Waals surface area contributed by atoms with E-state index in [2.05, 4.69) is 0 Å². The predicted molar refractivity (Wildman–Crippen MR) is 71.5 cm³/mol. The molecule has 0 bridgehead atoms. The first-order valence-electron chi connectivity index (χ1n) is 5.98. The molecule has 0 saturated heterocycles. The average Bonchev–Trinajstić information content (AvgIpc) is 2.40. The van der Waals surface area contributed by atoms with Crippen LogP contribution in [0.15, 0.2) is 41.3 Å². The van der Waals surface area contributed by atoms with Crippen LogP contribution in [0.5, 0.6) is 0 Å². The van der Waals surface area contributed by atoms with Crippen LogP contribution in [0.1, 0.15) is 11.1 Å². The van der Waals surface area contributed by atoms with Crippen LogP contribution in [0.2, 0.25) is 0 Å². The lowest BCUT2D eigenvalue weighted by Gasteiger charge is -2.08. The molecule has 0 atom stereocenters. The fourth-order valence-electron chi connectivity index (χ4n) is 1.90. The highest BCUT2D eigenvalue weighted by molar-refractivity contribution is 7.90. The van der Waals surface area contributed by atoms with E-state index in [-0.39, 0.29) is 17.7 Å². The van der Waals surface area contributed by atoms with Gasteiger partial charge in [-0.3, -0.25) is 0 Å². The molecule has 2 aromatic carbocycles. The van der Waals surface area contributed by atoms with E-state index in [4.69, 9.17) is 5.73 Å². The number of hydrogen-bond donors (Lipinski definition) is 1. The van der Waals surface area contributed by atoms with Gasteiger partial charge >= 0.3 is 0 Å². The lowest BCUT2D eigenvalue weighted by atomic mass is 10.1. The van der Waals surface area contributed by atoms with Gasteiger partial charge in [-0.15, -0.1) is 0 Å². The summed E-state index contributed by atoms with van der Waals surface area (Å²) in [6.45, 7) is -0.0787. The first-order chi connectivity index (χ1) is 9.83. The molecule has 0 saturated carbocycles. The summed E-state index contributed by atoms with van der Waals surface area (Å²) in [4.78, 5) is -0.595. The molecule has 2 aromatic rings. The van der Waals surface area contributed by atoms with Crippen LogP contribution < -0.4 is 5.73 Å². The van der Waals surface area contributed by atoms with E-state index in [1.165, 1.54) is 12.1 Å². The van der Waals surface area contributed by atoms with Crippen LogP contribution >= 0.6 is 0 Å². The summed E-state index contributed by atoms with van der Waals surface area (Å²) in [5.41, 5.74) is 5.79. The number of nitrogens with two attached hydrogens (primary N) is 1. The number of benzene rings is 2. The van der Waals surface area contributed by atoms with Crippen molar-refractivity contribution in [1.29, 1.82) is 0 Å². The maximum absolute atomic E-state index is 13.6. The molecule has 0 radical (unpaired) electrons. The molecule has 0 spiro atoms. The average molecular weight is 315 g/mol. The van der Waals surface area contributed by atoms with Gasteiger partial charge < -0.3 is 5.73 Å². The van der Waals surface area contributed by atoms with E-state index in [1.54, 1.807) is 0 Å². The van der Waals surface area contributed by atoms with Crippen LogP contribution in [-0.2, 0) is 22.1 Å². The highest BCUT2D eigenvalue weighted by atomic mass is 32.2. The summed E-state index contributed by atoms with van der Waals surface area (Å²) in [7, 11) is -4.00. The Labute approximate surface area is 120 Å². The molecule has 0 aliphatic heterocycles. The minimum atomic E-state index is -4.00. The lowest BCUT2D eigenvalue weighted by molar-refractivity contribution is 0.548. The number of hydrogen-bond acceptors (Lipinski definition) is 3. The van der Waals surface area contributed by atoms with Gasteiger partial charge in [0.2, 0.25) is 0 Å². The second-order valence-electron chi connectivity index (χ2n) is 4.46. The summed E-state index contributed by atoms with van der Waals surface area (Å²) < 4.78 is 63.9. The van der Waals surface area contributed by atoms with Crippen LogP contribution in [0.25, 0.3) is 0 Å². The van der Waals surface area contributed by atoms with Gasteiger partial charge in [-0.2, -0.15) is 0 Å². The van der Waals surface area contributed by atoms with E-state index in [9.17, 15) is 21.6 Å². The van der Waals surface area contributed by atoms with Gasteiger partial charge in [0.1, 0.15) is 22.3 Å². The Morgan fingerprint density at radius 1 is 0.952 bits per heavy atom. The van der Waals surface area contributed by atoms with E-state index in [0.717, 1.165) is 18.2 Å². The molecule has 21 heavy (non-hydrogen) atoms. The van der Waals surface area contributed by atoms with Crippen LogP contribution in [0.3, 0.4) is 0 Å². The maximum Gasteiger partial charge on any atom is 0.185 e. The van der Waals surface area contributed by atoms with E-state index in [1.807, 2.05) is 0 Å². The predicted octanol–water partition coefficient (Wildman–Crippen LogP) is 2.54. The molecule has 7 heteroatoms. The summed E-state index contributed by atoms with van der Waals surface area (Å²) in [6, 6.07) is 5.94. The van der Waals surface area contributed by atoms with Crippen LogP contribution in [-0.4, -0.2) is 8.42 Å². The third-order valence-corrected chi connectivity index (χ3v) is 4.63. The molecule has 0 amide bonds. The molecule has 112 valence electrons. The van der Waals surface area contributed by atoms with Gasteiger partial charge in [0.05, 0.1) is 5.75 Å². The molecule has 0 aliphatic carbocycles. The Hall–Kier alpha value is -1.86. The zero-order chi connectivity index (χ0) is 15.6. The Kier molecular flexibility index (Phi) is 4.34. The van der Waals surface area contributed by atoms with Gasteiger partial charge in [0.15, 0.2) is 9.84 Å². The fraction of sp³-hybridized carbons (Fsp3) is 0.143. The summed E-state index contributed by atoms with van der Waals surface area (Å²) in [5.74, 6) is -3.08. The minimum Gasteiger partial charge on any atom is -0.326 e. The van der Waals surface area contributed by atoms with Gasteiger partial charge in [0, 0.05) is 18.2 Å². The van der Waals surface area contributed by atoms with Crippen molar-refractivity contribution >= 4 is 9.84 Å². The third-order valence-electron chi connectivity index (χ3n) is 2.92. The molecule has 0 heterocycles. The van der Waals surface area contributed by atoms with Crippen molar-refractivity contribution in [2.24, 2.45) is 5.73 Å². The topological polar surface area (TPSA) is 60.2 Å². The number of sulfone groups is 1. The van der Waals surface area contributed by atoms with E-state index in [0.29, 0.717) is 6.07 Å². The van der Waals surface area contributed by atoms with Crippen molar-refractivity contribution in [1.82, 2.24) is 0 Å². The second-order valence-corrected chi connectivity index (χ2v) is 6.42. The highest BCUT2D eigenvalue weighted by Crippen LogP contribution is 2.21. The fourth-order valence-corrected chi connectivity index (χ4v) is 3.30. The van der Waals surface area contributed by atoms with Crippen molar-refractivity contribution < 1.29 is 21.6 Å². The molecule has 2 N–H and O–H groups in total. The molecule has 0 aromatic heterocycles. The van der Waals surface area contributed by atoms with Crippen molar-refractivity contribution in [2.75, 3.05) is 0 Å². The minimum absolute atomic E-state index is 0.0787. The Morgan fingerprint density at radius 3 is 2.29 bits per heavy atom. The van der Waals surface area contributed by atoms with Crippen LogP contribution in [0.4, 0.5) is 13.2 Å². The summed E-state index contributed by atoms with van der Waals surface area (Å²) in [6.07, 6.45) is 0. The zero-order valence-corrected chi connectivity index (χ0v) is 11.6. The Morgan fingerprint density at radius 2 is 1.67 bits per heavy atom. The molecule has 0 unspecified atom stereocenters. The van der Waals surface area contributed by atoms with Gasteiger partial charge in [-0.05, 0) is 23.8 Å². The Bertz CT molecular complexity index is 776. The van der Waals surface area contributed by atoms with Crippen molar-refractivity contribution in [2.45, 2.75) is 17.2 Å². The van der Waals surface area contributed by atoms with Gasteiger partial charge in [0.25, 0.3) is 0 Å².